The fraction of sp³-hybridized carbons (Fsp3) is 0.449. The molecule has 0 spiro atoms. The van der Waals surface area contributed by atoms with Crippen LogP contribution in [0.5, 0.6) is 5.75 Å². The number of hydrogen-bond donors (Lipinski definition) is 3. The predicted octanol–water partition coefficient (Wildman–Crippen LogP) is 8.60. The Kier molecular flexibility index (Phi) is 13.5. The summed E-state index contributed by atoms with van der Waals surface area (Å²) in [5, 5.41) is 10.7. The van der Waals surface area contributed by atoms with Gasteiger partial charge in [0.1, 0.15) is 30.3 Å². The summed E-state index contributed by atoms with van der Waals surface area (Å²) in [6, 6.07) is 15.4. The predicted molar refractivity (Wildman–Crippen MR) is 260 cm³/mol. The summed E-state index contributed by atoms with van der Waals surface area (Å²) < 4.78 is 50.6. The number of piperazine rings is 1. The van der Waals surface area contributed by atoms with E-state index in [0.717, 1.165) is 105 Å². The maximum Gasteiger partial charge on any atom is 0.234 e. The van der Waals surface area contributed by atoms with Crippen LogP contribution in [0.2, 0.25) is 0 Å². The van der Waals surface area contributed by atoms with Gasteiger partial charge in [0.2, 0.25) is 17.8 Å². The summed E-state index contributed by atoms with van der Waals surface area (Å²) in [6.45, 7) is 11.9. The Morgan fingerprint density at radius 2 is 1.64 bits per heavy atom. The number of anilines is 5. The van der Waals surface area contributed by atoms with Gasteiger partial charge >= 0.3 is 0 Å². The Hall–Kier alpha value is -5.02. The summed E-state index contributed by atoms with van der Waals surface area (Å²) in [4.78, 5) is 45.6. The summed E-state index contributed by atoms with van der Waals surface area (Å²) in [7, 11) is -1.07. The number of pyridine rings is 1. The molecule has 3 aromatic carbocycles. The van der Waals surface area contributed by atoms with Gasteiger partial charge in [0.15, 0.2) is 0 Å². The number of aryl methyl sites for hydroxylation is 1. The molecule has 3 aliphatic heterocycles. The van der Waals surface area contributed by atoms with Crippen LogP contribution in [0.15, 0.2) is 59.2 Å². The molecule has 9 rings (SSSR count). The molecule has 3 saturated heterocycles. The molecule has 13 nitrogen and oxygen atoms in total. The van der Waals surface area contributed by atoms with Crippen molar-refractivity contribution in [2.75, 3.05) is 81.8 Å². The molecule has 5 heterocycles. The summed E-state index contributed by atoms with van der Waals surface area (Å²) >= 11 is 3.63. The Morgan fingerprint density at radius 3 is 2.30 bits per heavy atom. The molecule has 0 radical (unpaired) electrons. The van der Waals surface area contributed by atoms with E-state index >= 15 is 8.78 Å². The van der Waals surface area contributed by atoms with Crippen LogP contribution in [0, 0.1) is 11.6 Å². The summed E-state index contributed by atoms with van der Waals surface area (Å²) in [5.74, 6) is -1.40. The standard InChI is InChI=1S/C49H57BrF2N9O4P/c1-5-30-26-41(56-49-53-28-35(50)47(58-49)55-40-12-11-39-33(46(40)66(3,4)64)8-10-38(54-39)31-6-7-31)43(65-2)27-42(30)61-18-15-32(16-19-61)60-22-20-59(21-23-60)17-14-29-24-36(51)45(37(52)25-29)34-9-13-44(62)57-48(34)63/h8,10-12,24-28,31-32,34H,5-7,9,13-23H2,1-4H3,(H,57,62,63)(H2,53,55,56,58). The van der Waals surface area contributed by atoms with Crippen LogP contribution in [0.25, 0.3) is 10.9 Å². The fourth-order valence-electron chi connectivity index (χ4n) is 9.91. The van der Waals surface area contributed by atoms with Crippen molar-refractivity contribution in [1.82, 2.24) is 30.1 Å². The number of rotatable bonds is 14. The van der Waals surface area contributed by atoms with E-state index in [1.807, 2.05) is 12.1 Å². The third-order valence-corrected chi connectivity index (χ3v) is 15.7. The number of ether oxygens (including phenoxy) is 1. The highest BCUT2D eigenvalue weighted by atomic mass is 79.9. The molecule has 348 valence electrons. The Balaban J connectivity index is 0.808. The van der Waals surface area contributed by atoms with E-state index in [0.29, 0.717) is 58.2 Å². The first kappa shape index (κ1) is 46.1. The lowest BCUT2D eigenvalue weighted by molar-refractivity contribution is -0.134. The van der Waals surface area contributed by atoms with Crippen LogP contribution >= 0.6 is 23.1 Å². The van der Waals surface area contributed by atoms with Crippen LogP contribution in [0.1, 0.15) is 79.7 Å². The lowest BCUT2D eigenvalue weighted by Gasteiger charge is -2.43. The highest BCUT2D eigenvalue weighted by molar-refractivity contribution is 9.10. The number of nitrogens with one attached hydrogen (secondary N) is 3. The van der Waals surface area contributed by atoms with E-state index < -0.39 is 36.5 Å². The molecular weight excluding hydrogens is 927 g/mol. The van der Waals surface area contributed by atoms with Crippen molar-refractivity contribution in [2.45, 2.75) is 76.2 Å². The second-order valence-electron chi connectivity index (χ2n) is 18.4. The zero-order chi connectivity index (χ0) is 46.3. The summed E-state index contributed by atoms with van der Waals surface area (Å²) in [5.41, 5.74) is 6.07. The van der Waals surface area contributed by atoms with E-state index in [1.54, 1.807) is 26.6 Å². The number of halogens is 3. The molecule has 1 aliphatic carbocycles. The minimum Gasteiger partial charge on any atom is -0.494 e. The summed E-state index contributed by atoms with van der Waals surface area (Å²) in [6.07, 6.45) is 7.59. The number of carbonyl (C=O) groups excluding carboxylic acids is 2. The van der Waals surface area contributed by atoms with Crippen molar-refractivity contribution in [3.8, 4) is 5.75 Å². The number of nitrogens with zero attached hydrogens (tertiary/aromatic N) is 6. The number of imide groups is 1. The molecule has 2 amide bonds. The van der Waals surface area contributed by atoms with Gasteiger partial charge in [0.25, 0.3) is 0 Å². The lowest BCUT2D eigenvalue weighted by Crippen LogP contribution is -2.53. The van der Waals surface area contributed by atoms with Gasteiger partial charge in [-0.2, -0.15) is 4.98 Å². The van der Waals surface area contributed by atoms with Gasteiger partial charge in [0.05, 0.1) is 34.4 Å². The highest BCUT2D eigenvalue weighted by Crippen LogP contribution is 2.44. The average molecular weight is 985 g/mol. The first-order valence-corrected chi connectivity index (χ1v) is 26.4. The molecule has 2 aromatic heterocycles. The van der Waals surface area contributed by atoms with Crippen LogP contribution in [-0.2, 0) is 27.0 Å². The van der Waals surface area contributed by atoms with Crippen molar-refractivity contribution in [3.05, 3.63) is 93.2 Å². The minimum atomic E-state index is -2.75. The normalized spacial score (nSPS) is 19.0. The van der Waals surface area contributed by atoms with Gasteiger partial charge in [-0.05, 0) is 122 Å². The Morgan fingerprint density at radius 1 is 0.894 bits per heavy atom. The Labute approximate surface area is 393 Å². The number of carbonyl (C=O) groups is 2. The number of fused-ring (bicyclic) bond motifs is 1. The van der Waals surface area contributed by atoms with Gasteiger partial charge in [0, 0.05) is 104 Å². The third-order valence-electron chi connectivity index (χ3n) is 13.6. The number of methoxy groups -OCH3 is 1. The monoisotopic (exact) mass is 983 g/mol. The molecule has 1 atom stereocenters. The van der Waals surface area contributed by atoms with Crippen molar-refractivity contribution in [2.24, 2.45) is 0 Å². The quantitative estimate of drug-likeness (QED) is 0.0724. The van der Waals surface area contributed by atoms with Crippen LogP contribution in [-0.4, -0.2) is 109 Å². The van der Waals surface area contributed by atoms with Gasteiger partial charge in [-0.3, -0.25) is 24.8 Å². The number of benzene rings is 3. The molecule has 3 N–H and O–H groups in total. The largest absolute Gasteiger partial charge is 0.494 e. The van der Waals surface area contributed by atoms with Crippen molar-refractivity contribution < 1.29 is 27.7 Å². The SMILES string of the molecule is CCc1cc(Nc2ncc(Br)c(Nc3ccc4nc(C5CC5)ccc4c3P(C)(C)=O)n2)c(OC)cc1N1CCC(N2CCN(CCc3cc(F)c(C4CCC(=O)NC4=O)c(F)c3)CC2)CC1. The van der Waals surface area contributed by atoms with E-state index in [-0.39, 0.29) is 18.4 Å². The molecule has 4 fully saturated rings. The molecule has 17 heteroatoms. The van der Waals surface area contributed by atoms with Crippen LogP contribution in [0.4, 0.5) is 37.6 Å². The molecular formula is C49H57BrF2N9O4P. The molecule has 0 bridgehead atoms. The third kappa shape index (κ3) is 9.98. The second kappa shape index (κ2) is 19.3. The minimum absolute atomic E-state index is 0.0650. The van der Waals surface area contributed by atoms with E-state index in [2.05, 4.69) is 82.8 Å². The second-order valence-corrected chi connectivity index (χ2v) is 22.4. The number of hydrogen-bond acceptors (Lipinski definition) is 12. The van der Waals surface area contributed by atoms with Gasteiger partial charge in [-0.15, -0.1) is 0 Å². The zero-order valence-corrected chi connectivity index (χ0v) is 40.4. The molecule has 1 unspecified atom stereocenters. The first-order valence-electron chi connectivity index (χ1n) is 23.1. The van der Waals surface area contributed by atoms with E-state index in [1.165, 1.54) is 17.7 Å². The van der Waals surface area contributed by atoms with E-state index in [4.69, 9.17) is 14.7 Å². The molecule has 1 saturated carbocycles. The highest BCUT2D eigenvalue weighted by Gasteiger charge is 2.34. The first-order chi connectivity index (χ1) is 31.8. The number of piperidine rings is 2. The fourth-order valence-corrected chi connectivity index (χ4v) is 11.7. The molecule has 5 aromatic rings. The number of amides is 2. The average Bonchev–Trinajstić information content (AvgIpc) is 4.16. The lowest BCUT2D eigenvalue weighted by atomic mass is 9.89. The van der Waals surface area contributed by atoms with Crippen LogP contribution in [0.3, 0.4) is 0 Å². The van der Waals surface area contributed by atoms with Gasteiger partial charge in [-0.25, -0.2) is 13.8 Å². The smallest absolute Gasteiger partial charge is 0.234 e. The van der Waals surface area contributed by atoms with Crippen molar-refractivity contribution in [1.29, 1.82) is 0 Å². The van der Waals surface area contributed by atoms with E-state index in [9.17, 15) is 14.2 Å². The molecule has 4 aliphatic rings. The topological polar surface area (TPSA) is 145 Å². The van der Waals surface area contributed by atoms with Crippen molar-refractivity contribution in [3.63, 3.8) is 0 Å². The van der Waals surface area contributed by atoms with Gasteiger partial charge in [-0.1, -0.05) is 13.0 Å². The van der Waals surface area contributed by atoms with Crippen LogP contribution < -0.4 is 30.9 Å². The van der Waals surface area contributed by atoms with Gasteiger partial charge < -0.3 is 29.7 Å². The number of aromatic nitrogens is 3. The zero-order valence-electron chi connectivity index (χ0n) is 37.9. The van der Waals surface area contributed by atoms with Crippen molar-refractivity contribution >= 4 is 79.9 Å². The maximum atomic E-state index is 15.1. The Bertz CT molecular complexity index is 2700. The maximum absolute atomic E-state index is 15.1. The molecule has 66 heavy (non-hydrogen) atoms.